The van der Waals surface area contributed by atoms with Gasteiger partial charge >= 0.3 is 0 Å². The zero-order valence-electron chi connectivity index (χ0n) is 24.9. The van der Waals surface area contributed by atoms with Crippen LogP contribution in [0.4, 0.5) is 5.82 Å². The van der Waals surface area contributed by atoms with Crippen LogP contribution >= 0.6 is 0 Å². The van der Waals surface area contributed by atoms with Crippen LogP contribution in [-0.2, 0) is 6.42 Å². The molecule has 0 atom stereocenters. The lowest BCUT2D eigenvalue weighted by Crippen LogP contribution is -2.30. The summed E-state index contributed by atoms with van der Waals surface area (Å²) in [6.07, 6.45) is 15.8. The Bertz CT molecular complexity index is 1590. The first-order valence-corrected chi connectivity index (χ1v) is 14.5. The fourth-order valence-electron chi connectivity index (χ4n) is 5.05. The first-order valence-electron chi connectivity index (χ1n) is 14.5. The van der Waals surface area contributed by atoms with E-state index in [0.717, 1.165) is 58.1 Å². The molecule has 4 N–H and O–H groups in total. The van der Waals surface area contributed by atoms with Crippen LogP contribution < -0.4 is 16.0 Å². The van der Waals surface area contributed by atoms with Crippen LogP contribution in [0.2, 0.25) is 0 Å². The summed E-state index contributed by atoms with van der Waals surface area (Å²) in [5.41, 5.74) is 14.9. The summed E-state index contributed by atoms with van der Waals surface area (Å²) in [6, 6.07) is 12.2. The molecule has 4 rings (SSSR count). The normalized spacial score (nSPS) is 15.0. The summed E-state index contributed by atoms with van der Waals surface area (Å²) in [5.74, 6) is 1.57. The molecule has 0 amide bonds. The average molecular weight is 559 g/mol. The van der Waals surface area contributed by atoms with Crippen molar-refractivity contribution in [2.75, 3.05) is 18.0 Å². The van der Waals surface area contributed by atoms with Gasteiger partial charge in [-0.15, -0.1) is 0 Å². The minimum atomic E-state index is 0.591. The number of imidazole rings is 1. The summed E-state index contributed by atoms with van der Waals surface area (Å²) in [4.78, 5) is 15.4. The number of nitrogens with zero attached hydrogens (tertiary/aromatic N) is 3. The van der Waals surface area contributed by atoms with Crippen LogP contribution in [0.1, 0.15) is 44.5 Å². The van der Waals surface area contributed by atoms with E-state index >= 15 is 0 Å². The quantitative estimate of drug-likeness (QED) is 0.199. The number of allylic oxidation sites excluding steroid dienone is 9. The van der Waals surface area contributed by atoms with E-state index in [4.69, 9.17) is 10.7 Å². The number of anilines is 1. The number of H-pyrrole nitrogens is 1. The molecule has 3 aromatic rings. The molecule has 1 aromatic carbocycles. The molecule has 0 unspecified atom stereocenters. The molecular formula is C36H42N6. The SMILES string of the molecule is C=C/C(=C\C(=C/C)C(=C)/C=C(C(=C)c1nc2c(N3CCCCC3)nccc2[nH]1)\C(N)=C/C)NC(=C)Cc1ccccc1. The van der Waals surface area contributed by atoms with Gasteiger partial charge in [-0.2, -0.15) is 0 Å². The van der Waals surface area contributed by atoms with Gasteiger partial charge in [0.05, 0.1) is 5.52 Å². The van der Waals surface area contributed by atoms with Gasteiger partial charge in [-0.05, 0) is 74.1 Å². The molecule has 1 fully saturated rings. The Kier molecular flexibility index (Phi) is 10.2. The van der Waals surface area contributed by atoms with Crippen molar-refractivity contribution in [2.45, 2.75) is 39.5 Å². The number of benzene rings is 1. The van der Waals surface area contributed by atoms with Gasteiger partial charge in [-0.3, -0.25) is 0 Å². The van der Waals surface area contributed by atoms with E-state index in [0.29, 0.717) is 23.5 Å². The maximum absolute atomic E-state index is 6.51. The first-order chi connectivity index (χ1) is 20.3. The largest absolute Gasteiger partial charge is 0.398 e. The molecule has 1 aliphatic heterocycles. The number of pyridine rings is 1. The number of nitrogens with two attached hydrogens (primary N) is 1. The molecule has 42 heavy (non-hydrogen) atoms. The highest BCUT2D eigenvalue weighted by molar-refractivity contribution is 5.90. The van der Waals surface area contributed by atoms with E-state index < -0.39 is 0 Å². The summed E-state index contributed by atoms with van der Waals surface area (Å²) >= 11 is 0. The number of nitrogens with one attached hydrogen (secondary N) is 2. The van der Waals surface area contributed by atoms with Gasteiger partial charge in [0.1, 0.15) is 11.3 Å². The van der Waals surface area contributed by atoms with E-state index in [2.05, 4.69) is 58.6 Å². The molecule has 6 heteroatoms. The molecule has 2 aromatic heterocycles. The Balaban J connectivity index is 1.59. The fraction of sp³-hybridized carbons (Fsp3) is 0.222. The van der Waals surface area contributed by atoms with Crippen molar-refractivity contribution in [1.29, 1.82) is 0 Å². The van der Waals surface area contributed by atoms with Crippen LogP contribution in [0.25, 0.3) is 16.6 Å². The lowest BCUT2D eigenvalue weighted by Gasteiger charge is -2.27. The molecule has 216 valence electrons. The molecule has 0 saturated carbocycles. The van der Waals surface area contributed by atoms with Gasteiger partial charge in [-0.1, -0.05) is 68.8 Å². The molecule has 0 spiro atoms. The third kappa shape index (κ3) is 7.26. The molecular weight excluding hydrogens is 516 g/mol. The van der Waals surface area contributed by atoms with Crippen LogP contribution in [0.5, 0.6) is 0 Å². The average Bonchev–Trinajstić information content (AvgIpc) is 3.46. The highest BCUT2D eigenvalue weighted by Crippen LogP contribution is 2.31. The van der Waals surface area contributed by atoms with Crippen molar-refractivity contribution in [2.24, 2.45) is 5.73 Å². The van der Waals surface area contributed by atoms with Crippen molar-refractivity contribution < 1.29 is 0 Å². The van der Waals surface area contributed by atoms with E-state index in [-0.39, 0.29) is 0 Å². The molecule has 6 nitrogen and oxygen atoms in total. The number of aromatic nitrogens is 3. The molecule has 0 bridgehead atoms. The van der Waals surface area contributed by atoms with Crippen molar-refractivity contribution in [3.63, 3.8) is 0 Å². The minimum absolute atomic E-state index is 0.591. The molecule has 3 heterocycles. The number of piperidine rings is 1. The van der Waals surface area contributed by atoms with Crippen LogP contribution in [0, 0.1) is 0 Å². The Morgan fingerprint density at radius 3 is 2.43 bits per heavy atom. The third-order valence-electron chi connectivity index (χ3n) is 7.38. The maximum atomic E-state index is 6.51. The van der Waals surface area contributed by atoms with Crippen molar-refractivity contribution >= 4 is 22.4 Å². The monoisotopic (exact) mass is 558 g/mol. The molecule has 1 aliphatic rings. The van der Waals surface area contributed by atoms with Crippen LogP contribution in [0.3, 0.4) is 0 Å². The van der Waals surface area contributed by atoms with Crippen molar-refractivity contribution in [3.05, 3.63) is 144 Å². The summed E-state index contributed by atoms with van der Waals surface area (Å²) in [5, 5.41) is 3.39. The second kappa shape index (κ2) is 14.2. The summed E-state index contributed by atoms with van der Waals surface area (Å²) in [7, 11) is 0. The Hall–Kier alpha value is -4.84. The highest BCUT2D eigenvalue weighted by Gasteiger charge is 2.19. The summed E-state index contributed by atoms with van der Waals surface area (Å²) < 4.78 is 0. The van der Waals surface area contributed by atoms with E-state index in [1.165, 1.54) is 24.8 Å². The van der Waals surface area contributed by atoms with E-state index in [9.17, 15) is 0 Å². The van der Waals surface area contributed by atoms with E-state index in [1.54, 1.807) is 6.08 Å². The predicted octanol–water partition coefficient (Wildman–Crippen LogP) is 7.67. The number of rotatable bonds is 12. The first kappa shape index (κ1) is 30.1. The Morgan fingerprint density at radius 2 is 1.76 bits per heavy atom. The second-order valence-corrected chi connectivity index (χ2v) is 10.4. The molecule has 1 saturated heterocycles. The van der Waals surface area contributed by atoms with Gasteiger partial charge < -0.3 is 20.9 Å². The number of hydrogen-bond acceptors (Lipinski definition) is 5. The zero-order valence-corrected chi connectivity index (χ0v) is 24.9. The third-order valence-corrected chi connectivity index (χ3v) is 7.38. The minimum Gasteiger partial charge on any atom is -0.398 e. The van der Waals surface area contributed by atoms with Gasteiger partial charge in [0.15, 0.2) is 5.82 Å². The van der Waals surface area contributed by atoms with Crippen molar-refractivity contribution in [1.82, 2.24) is 20.3 Å². The summed E-state index contributed by atoms with van der Waals surface area (Å²) in [6.45, 7) is 22.8. The topological polar surface area (TPSA) is 82.9 Å². The number of hydrogen-bond donors (Lipinski definition) is 3. The van der Waals surface area contributed by atoms with E-state index in [1.807, 2.05) is 68.6 Å². The fourth-order valence-corrected chi connectivity index (χ4v) is 5.05. The van der Waals surface area contributed by atoms with Gasteiger partial charge in [0.2, 0.25) is 0 Å². The maximum Gasteiger partial charge on any atom is 0.156 e. The Labute approximate surface area is 250 Å². The van der Waals surface area contributed by atoms with Crippen molar-refractivity contribution in [3.8, 4) is 0 Å². The second-order valence-electron chi connectivity index (χ2n) is 10.4. The highest BCUT2D eigenvalue weighted by atomic mass is 15.2. The van der Waals surface area contributed by atoms with Gasteiger partial charge in [0.25, 0.3) is 0 Å². The van der Waals surface area contributed by atoms with Crippen LogP contribution in [0.15, 0.2) is 133 Å². The lowest BCUT2D eigenvalue weighted by atomic mass is 9.97. The number of aromatic amines is 1. The standard InChI is InChI=1S/C36H42N6/c1-7-29(24-30(8-2)39-26(5)23-28-16-12-10-13-17-28)25(4)22-31(32(37)9-3)27(6)35-40-33-18-19-38-36(34(33)41-35)42-20-14-11-15-21-42/h7-10,12-13,16-19,22,24,39H,2,4-6,11,14-15,20-21,23,37H2,1,3H3,(H,40,41)/b29-7+,30-24+,31-22-,32-9+. The Morgan fingerprint density at radius 1 is 1.02 bits per heavy atom. The molecule has 0 aliphatic carbocycles. The zero-order chi connectivity index (χ0) is 30.1. The molecule has 0 radical (unpaired) electrons. The van der Waals surface area contributed by atoms with Gasteiger partial charge in [-0.25, -0.2) is 9.97 Å². The predicted molar refractivity (Wildman–Crippen MR) is 179 cm³/mol. The smallest absolute Gasteiger partial charge is 0.156 e. The van der Waals surface area contributed by atoms with Crippen LogP contribution in [-0.4, -0.2) is 28.0 Å². The van der Waals surface area contributed by atoms with Gasteiger partial charge in [0, 0.05) is 53.9 Å². The number of fused-ring (bicyclic) bond motifs is 1. The lowest BCUT2D eigenvalue weighted by molar-refractivity contribution is 0.574.